The molecule has 2 amide bonds. The van der Waals surface area contributed by atoms with Crippen molar-refractivity contribution in [3.8, 4) is 0 Å². The Morgan fingerprint density at radius 2 is 1.93 bits per heavy atom. The summed E-state index contributed by atoms with van der Waals surface area (Å²) in [6.07, 6.45) is 7.91. The molecule has 1 N–H and O–H groups in total. The number of hydrogen-bond acceptors (Lipinski definition) is 5. The lowest BCUT2D eigenvalue weighted by Crippen LogP contribution is -2.47. The summed E-state index contributed by atoms with van der Waals surface area (Å²) in [7, 11) is 0. The summed E-state index contributed by atoms with van der Waals surface area (Å²) < 4.78 is 13.1. The van der Waals surface area contributed by atoms with Gasteiger partial charge in [-0.15, -0.1) is 5.10 Å². The minimum atomic E-state index is -0.458. The third-order valence-corrected chi connectivity index (χ3v) is 5.02. The van der Waals surface area contributed by atoms with Crippen LogP contribution in [0.5, 0.6) is 0 Å². The number of allylic oxidation sites excluding steroid dienone is 1. The normalized spacial score (nSPS) is 21.7. The molecule has 0 saturated heterocycles. The van der Waals surface area contributed by atoms with E-state index in [0.717, 1.165) is 25.7 Å². The van der Waals surface area contributed by atoms with Gasteiger partial charge in [-0.1, -0.05) is 12.8 Å². The second-order valence-corrected chi connectivity index (χ2v) is 6.75. The molecule has 1 atom stereocenters. The van der Waals surface area contributed by atoms with Crippen LogP contribution in [0.25, 0.3) is 0 Å². The van der Waals surface area contributed by atoms with Crippen molar-refractivity contribution in [2.24, 2.45) is 11.0 Å². The summed E-state index contributed by atoms with van der Waals surface area (Å²) >= 11 is 0. The number of fused-ring (bicyclic) bond motifs is 1. The lowest BCUT2D eigenvalue weighted by molar-refractivity contribution is -0.420. The number of carbonyl (C=O) groups is 1. The Morgan fingerprint density at radius 3 is 2.59 bits per heavy atom. The molecule has 1 unspecified atom stereocenters. The second-order valence-electron chi connectivity index (χ2n) is 6.75. The maximum atomic E-state index is 13.1. The summed E-state index contributed by atoms with van der Waals surface area (Å²) in [5.41, 5.74) is 0.409. The number of nitro groups is 1. The summed E-state index contributed by atoms with van der Waals surface area (Å²) in [5, 5.41) is 19.6. The highest BCUT2D eigenvalue weighted by molar-refractivity contribution is 5.99. The van der Waals surface area contributed by atoms with Gasteiger partial charge in [0.05, 0.1) is 11.1 Å². The first kappa shape index (κ1) is 17.2. The molecule has 4 rings (SSSR count). The third-order valence-electron chi connectivity index (χ3n) is 5.02. The number of amides is 2. The molecule has 8 nitrogen and oxygen atoms in total. The van der Waals surface area contributed by atoms with Crippen LogP contribution in [-0.4, -0.2) is 32.9 Å². The number of halogens is 1. The van der Waals surface area contributed by atoms with Crippen molar-refractivity contribution in [3.05, 3.63) is 64.2 Å². The number of amidine groups is 1. The number of rotatable bonds is 3. The van der Waals surface area contributed by atoms with Crippen LogP contribution in [0, 0.1) is 21.8 Å². The number of nitrogens with zero attached hydrogens (tertiary/aromatic N) is 4. The van der Waals surface area contributed by atoms with E-state index in [2.05, 4.69) is 10.4 Å². The predicted molar refractivity (Wildman–Crippen MR) is 96.5 cm³/mol. The minimum absolute atomic E-state index is 0.0438. The quantitative estimate of drug-likeness (QED) is 0.650. The number of urea groups is 1. The van der Waals surface area contributed by atoms with E-state index in [-0.39, 0.29) is 11.6 Å². The predicted octanol–water partition coefficient (Wildman–Crippen LogP) is 3.49. The van der Waals surface area contributed by atoms with E-state index in [1.807, 2.05) is 0 Å². The number of hydrazone groups is 1. The van der Waals surface area contributed by atoms with Crippen molar-refractivity contribution in [2.45, 2.75) is 31.8 Å². The van der Waals surface area contributed by atoms with Gasteiger partial charge in [0.1, 0.15) is 12.0 Å². The van der Waals surface area contributed by atoms with E-state index in [1.165, 1.54) is 41.6 Å². The zero-order valence-corrected chi connectivity index (χ0v) is 14.4. The van der Waals surface area contributed by atoms with Gasteiger partial charge in [-0.25, -0.2) is 9.18 Å². The van der Waals surface area contributed by atoms with Crippen LogP contribution in [0.2, 0.25) is 0 Å². The maximum absolute atomic E-state index is 13.1. The molecule has 0 radical (unpaired) electrons. The van der Waals surface area contributed by atoms with E-state index in [4.69, 9.17) is 0 Å². The Bertz CT molecular complexity index is 858. The van der Waals surface area contributed by atoms with Gasteiger partial charge in [0, 0.05) is 17.7 Å². The van der Waals surface area contributed by atoms with Crippen LogP contribution in [0.1, 0.15) is 25.7 Å². The van der Waals surface area contributed by atoms with Crippen molar-refractivity contribution in [1.29, 1.82) is 0 Å². The molecule has 1 aliphatic carbocycles. The van der Waals surface area contributed by atoms with Gasteiger partial charge in [-0.2, -0.15) is 5.01 Å². The lowest BCUT2D eigenvalue weighted by atomic mass is 10.0. The molecule has 2 aliphatic heterocycles. The van der Waals surface area contributed by atoms with Crippen LogP contribution >= 0.6 is 0 Å². The Kier molecular flexibility index (Phi) is 4.35. The molecule has 0 spiro atoms. The van der Waals surface area contributed by atoms with Gasteiger partial charge in [0.2, 0.25) is 0 Å². The Balaban J connectivity index is 1.61. The van der Waals surface area contributed by atoms with Crippen LogP contribution < -0.4 is 5.32 Å². The fourth-order valence-corrected chi connectivity index (χ4v) is 3.75. The van der Waals surface area contributed by atoms with Crippen molar-refractivity contribution in [1.82, 2.24) is 9.91 Å². The summed E-state index contributed by atoms with van der Waals surface area (Å²) in [5.74, 6) is 0.269. The van der Waals surface area contributed by atoms with Crippen molar-refractivity contribution in [2.75, 3.05) is 5.32 Å². The molecule has 0 bridgehead atoms. The summed E-state index contributed by atoms with van der Waals surface area (Å²) in [4.78, 5) is 25.2. The average Bonchev–Trinajstić information content (AvgIpc) is 3.29. The zero-order chi connectivity index (χ0) is 19.0. The smallest absolute Gasteiger partial charge is 0.306 e. The van der Waals surface area contributed by atoms with Gasteiger partial charge in [0.15, 0.2) is 5.84 Å². The first-order valence-electron chi connectivity index (χ1n) is 8.80. The molecule has 0 aromatic heterocycles. The molecule has 9 heteroatoms. The molecule has 1 aromatic carbocycles. The van der Waals surface area contributed by atoms with Gasteiger partial charge in [0.25, 0.3) is 5.70 Å². The van der Waals surface area contributed by atoms with Crippen LogP contribution in [0.15, 0.2) is 53.4 Å². The fourth-order valence-electron chi connectivity index (χ4n) is 3.75. The number of carbonyl (C=O) groups excluding carboxylic acids is 1. The van der Waals surface area contributed by atoms with E-state index in [0.29, 0.717) is 11.5 Å². The lowest BCUT2D eigenvalue weighted by Gasteiger charge is -2.32. The molecule has 1 saturated carbocycles. The minimum Gasteiger partial charge on any atom is -0.306 e. The Hall–Kier alpha value is -3.23. The highest BCUT2D eigenvalue weighted by Gasteiger charge is 2.44. The molecule has 1 aromatic rings. The Morgan fingerprint density at radius 1 is 1.22 bits per heavy atom. The van der Waals surface area contributed by atoms with E-state index in [9.17, 15) is 19.3 Å². The number of hydrogen-bond donors (Lipinski definition) is 1. The van der Waals surface area contributed by atoms with E-state index < -0.39 is 22.9 Å². The van der Waals surface area contributed by atoms with Gasteiger partial charge in [-0.05, 0) is 43.2 Å². The second kappa shape index (κ2) is 6.82. The van der Waals surface area contributed by atoms with Crippen molar-refractivity contribution >= 4 is 17.6 Å². The highest BCUT2D eigenvalue weighted by Crippen LogP contribution is 2.37. The van der Waals surface area contributed by atoms with Gasteiger partial charge in [-0.3, -0.25) is 10.1 Å². The topological polar surface area (TPSA) is 91.1 Å². The third kappa shape index (κ3) is 3.27. The number of nitrogens with one attached hydrogen (secondary N) is 1. The first-order valence-corrected chi connectivity index (χ1v) is 8.80. The Labute approximate surface area is 154 Å². The summed E-state index contributed by atoms with van der Waals surface area (Å²) in [6.45, 7) is 0. The molecule has 2 heterocycles. The number of anilines is 1. The molecule has 1 fully saturated rings. The van der Waals surface area contributed by atoms with E-state index >= 15 is 0 Å². The standard InChI is InChI=1S/C18H18FN5O3/c19-13-5-7-14(8-6-13)20-18(25)23-17(12-3-1-2-4-12)22-11-15(24(26)27)9-10-16(22)21-23/h5-12,17H,1-4H2,(H,20,25). The van der Waals surface area contributed by atoms with E-state index in [1.54, 1.807) is 11.0 Å². The molecular formula is C18H18FN5O3. The van der Waals surface area contributed by atoms with Crippen LogP contribution in [-0.2, 0) is 0 Å². The average molecular weight is 371 g/mol. The number of benzene rings is 1. The van der Waals surface area contributed by atoms with Crippen LogP contribution in [0.4, 0.5) is 14.9 Å². The molecule has 27 heavy (non-hydrogen) atoms. The van der Waals surface area contributed by atoms with Gasteiger partial charge < -0.3 is 10.2 Å². The van der Waals surface area contributed by atoms with Crippen LogP contribution in [0.3, 0.4) is 0 Å². The summed E-state index contributed by atoms with van der Waals surface area (Å²) in [6, 6.07) is 5.01. The maximum Gasteiger partial charge on any atom is 0.344 e. The molecule has 3 aliphatic rings. The SMILES string of the molecule is O=C(Nc1ccc(F)cc1)N1N=C2C=CC([N+](=O)[O-])=CN2C1C1CCCC1. The fraction of sp³-hybridized carbons (Fsp3) is 0.333. The largest absolute Gasteiger partial charge is 0.344 e. The first-order chi connectivity index (χ1) is 13.0. The zero-order valence-electron chi connectivity index (χ0n) is 14.4. The van der Waals surface area contributed by atoms with Crippen molar-refractivity contribution < 1.29 is 14.1 Å². The molecular weight excluding hydrogens is 353 g/mol. The highest BCUT2D eigenvalue weighted by atomic mass is 19.1. The van der Waals surface area contributed by atoms with Gasteiger partial charge >= 0.3 is 6.03 Å². The molecule has 140 valence electrons. The van der Waals surface area contributed by atoms with Crippen molar-refractivity contribution in [3.63, 3.8) is 0 Å². The monoisotopic (exact) mass is 371 g/mol.